The second-order valence-corrected chi connectivity index (χ2v) is 4.39. The molecule has 0 saturated carbocycles. The lowest BCUT2D eigenvalue weighted by Gasteiger charge is -2.12. The van der Waals surface area contributed by atoms with E-state index in [1.807, 2.05) is 0 Å². The Morgan fingerprint density at radius 2 is 2.11 bits per heavy atom. The summed E-state index contributed by atoms with van der Waals surface area (Å²) in [5.74, 6) is -0.285. The van der Waals surface area contributed by atoms with Crippen molar-refractivity contribution in [2.45, 2.75) is 12.4 Å². The van der Waals surface area contributed by atoms with Crippen molar-refractivity contribution in [1.29, 1.82) is 0 Å². The number of nitrogens with two attached hydrogens (primary N) is 1. The van der Waals surface area contributed by atoms with Gasteiger partial charge < -0.3 is 10.5 Å². The summed E-state index contributed by atoms with van der Waals surface area (Å²) in [5, 5.41) is 2.39. The van der Waals surface area contributed by atoms with Crippen molar-refractivity contribution in [1.82, 2.24) is 4.98 Å². The molecule has 0 fully saturated rings. The minimum Gasteiger partial charge on any atom is -0.406 e. The second-order valence-electron chi connectivity index (χ2n) is 3.47. The van der Waals surface area contributed by atoms with E-state index >= 15 is 0 Å². The van der Waals surface area contributed by atoms with Crippen LogP contribution in [-0.2, 0) is 0 Å². The van der Waals surface area contributed by atoms with Gasteiger partial charge in [-0.2, -0.15) is 0 Å². The molecule has 2 aromatic rings. The summed E-state index contributed by atoms with van der Waals surface area (Å²) in [6, 6.07) is 5.03. The zero-order chi connectivity index (χ0) is 13.2. The number of hydrogen-bond donors (Lipinski definition) is 1. The first-order valence-electron chi connectivity index (χ1n) is 4.96. The third-order valence-corrected chi connectivity index (χ3v) is 3.03. The van der Waals surface area contributed by atoms with Gasteiger partial charge in [-0.25, -0.2) is 4.98 Å². The summed E-state index contributed by atoms with van der Waals surface area (Å²) >= 11 is 1.35. The van der Waals surface area contributed by atoms with Crippen LogP contribution in [0.1, 0.15) is 16.6 Å². The van der Waals surface area contributed by atoms with E-state index in [0.29, 0.717) is 10.6 Å². The van der Waals surface area contributed by atoms with Crippen LogP contribution >= 0.6 is 11.3 Å². The number of benzene rings is 1. The van der Waals surface area contributed by atoms with Gasteiger partial charge in [-0.1, -0.05) is 12.1 Å². The number of alkyl halides is 3. The van der Waals surface area contributed by atoms with Crippen molar-refractivity contribution >= 4 is 11.3 Å². The number of ether oxygens (including phenoxy) is 1. The van der Waals surface area contributed by atoms with Crippen molar-refractivity contribution in [2.24, 2.45) is 5.73 Å². The van der Waals surface area contributed by atoms with Crippen molar-refractivity contribution in [3.05, 3.63) is 46.4 Å². The average Bonchev–Trinajstić information content (AvgIpc) is 2.79. The molecular weight excluding hydrogens is 265 g/mol. The van der Waals surface area contributed by atoms with Gasteiger partial charge in [0.2, 0.25) is 0 Å². The van der Waals surface area contributed by atoms with Crippen molar-refractivity contribution in [3.63, 3.8) is 0 Å². The molecule has 3 nitrogen and oxygen atoms in total. The van der Waals surface area contributed by atoms with Crippen LogP contribution in [0.15, 0.2) is 35.8 Å². The number of thiazole rings is 1. The minimum absolute atomic E-state index is 0.285. The maximum absolute atomic E-state index is 12.1. The van der Waals surface area contributed by atoms with E-state index in [9.17, 15) is 13.2 Å². The Kier molecular flexibility index (Phi) is 3.53. The molecule has 0 amide bonds. The van der Waals surface area contributed by atoms with Gasteiger partial charge in [0.05, 0.1) is 6.04 Å². The van der Waals surface area contributed by atoms with Crippen LogP contribution in [0.3, 0.4) is 0 Å². The minimum atomic E-state index is -4.70. The summed E-state index contributed by atoms with van der Waals surface area (Å²) < 4.78 is 40.1. The fraction of sp³-hybridized carbons (Fsp3) is 0.182. The number of aromatic nitrogens is 1. The Morgan fingerprint density at radius 1 is 1.33 bits per heavy atom. The molecule has 18 heavy (non-hydrogen) atoms. The highest BCUT2D eigenvalue weighted by Crippen LogP contribution is 2.27. The first kappa shape index (κ1) is 12.8. The summed E-state index contributed by atoms with van der Waals surface area (Å²) in [4.78, 5) is 4.03. The Morgan fingerprint density at radius 3 is 2.72 bits per heavy atom. The third-order valence-electron chi connectivity index (χ3n) is 2.17. The van der Waals surface area contributed by atoms with Crippen molar-refractivity contribution < 1.29 is 17.9 Å². The molecule has 2 N–H and O–H groups in total. The Hall–Kier alpha value is -1.60. The van der Waals surface area contributed by atoms with E-state index in [-0.39, 0.29) is 5.75 Å². The lowest BCUT2D eigenvalue weighted by Crippen LogP contribution is -2.18. The highest BCUT2D eigenvalue weighted by atomic mass is 32.1. The monoisotopic (exact) mass is 274 g/mol. The molecule has 0 aliphatic heterocycles. The summed E-state index contributed by atoms with van der Waals surface area (Å²) in [6.45, 7) is 0. The van der Waals surface area contributed by atoms with Crippen LogP contribution < -0.4 is 10.5 Å². The summed E-state index contributed by atoms with van der Waals surface area (Å²) in [7, 11) is 0. The van der Waals surface area contributed by atoms with Crippen LogP contribution in [0.25, 0.3) is 0 Å². The molecule has 1 unspecified atom stereocenters. The van der Waals surface area contributed by atoms with E-state index in [4.69, 9.17) is 5.73 Å². The predicted molar refractivity (Wildman–Crippen MR) is 61.3 cm³/mol. The topological polar surface area (TPSA) is 48.1 Å². The normalized spacial score (nSPS) is 13.3. The van der Waals surface area contributed by atoms with Crippen molar-refractivity contribution in [3.8, 4) is 5.75 Å². The number of nitrogens with zero attached hydrogens (tertiary/aromatic N) is 1. The van der Waals surface area contributed by atoms with Gasteiger partial charge >= 0.3 is 6.36 Å². The van der Waals surface area contributed by atoms with Crippen molar-refractivity contribution in [2.75, 3.05) is 0 Å². The summed E-state index contributed by atoms with van der Waals surface area (Å²) in [5.41, 5.74) is 6.42. The van der Waals surface area contributed by atoms with Crippen LogP contribution in [0, 0.1) is 0 Å². The third kappa shape index (κ3) is 3.21. The molecule has 1 aromatic carbocycles. The van der Waals surface area contributed by atoms with Crippen LogP contribution in [0.4, 0.5) is 13.2 Å². The fourth-order valence-corrected chi connectivity index (χ4v) is 2.10. The number of hydrogen-bond acceptors (Lipinski definition) is 4. The first-order valence-corrected chi connectivity index (χ1v) is 5.84. The predicted octanol–water partition coefficient (Wildman–Crippen LogP) is 3.09. The summed E-state index contributed by atoms with van der Waals surface area (Å²) in [6.07, 6.45) is -3.11. The van der Waals surface area contributed by atoms with Crippen LogP contribution in [-0.4, -0.2) is 11.3 Å². The maximum Gasteiger partial charge on any atom is 0.573 e. The molecule has 0 aliphatic carbocycles. The molecule has 2 rings (SSSR count). The molecule has 1 heterocycles. The van der Waals surface area contributed by atoms with Gasteiger partial charge in [0.1, 0.15) is 10.8 Å². The van der Waals surface area contributed by atoms with Gasteiger partial charge in [-0.3, -0.25) is 0 Å². The zero-order valence-corrected chi connectivity index (χ0v) is 9.83. The number of halogens is 3. The van der Waals surface area contributed by atoms with Crippen LogP contribution in [0.2, 0.25) is 0 Å². The van der Waals surface area contributed by atoms with Gasteiger partial charge in [0.25, 0.3) is 0 Å². The molecule has 7 heteroatoms. The SMILES string of the molecule is NC(c1cccc(OC(F)(F)F)c1)c1nccs1. The molecule has 0 bridgehead atoms. The van der Waals surface area contributed by atoms with E-state index < -0.39 is 12.4 Å². The molecular formula is C11H9F3N2OS. The molecule has 0 radical (unpaired) electrons. The Balaban J connectivity index is 2.22. The second kappa shape index (κ2) is 4.95. The molecule has 0 aliphatic rings. The first-order chi connectivity index (χ1) is 8.46. The molecule has 96 valence electrons. The van der Waals surface area contributed by atoms with Gasteiger partial charge in [0.15, 0.2) is 0 Å². The molecule has 0 saturated heterocycles. The molecule has 1 atom stereocenters. The quantitative estimate of drug-likeness (QED) is 0.935. The molecule has 0 spiro atoms. The van der Waals surface area contributed by atoms with E-state index in [1.165, 1.54) is 29.5 Å². The lowest BCUT2D eigenvalue weighted by atomic mass is 10.1. The lowest BCUT2D eigenvalue weighted by molar-refractivity contribution is -0.274. The van der Waals surface area contributed by atoms with E-state index in [0.717, 1.165) is 0 Å². The van der Waals surface area contributed by atoms with Gasteiger partial charge in [-0.05, 0) is 17.7 Å². The van der Waals surface area contributed by atoms with Gasteiger partial charge in [-0.15, -0.1) is 24.5 Å². The average molecular weight is 274 g/mol. The smallest absolute Gasteiger partial charge is 0.406 e. The largest absolute Gasteiger partial charge is 0.573 e. The number of rotatable bonds is 3. The maximum atomic E-state index is 12.1. The highest BCUT2D eigenvalue weighted by molar-refractivity contribution is 7.09. The standard InChI is InChI=1S/C11H9F3N2OS/c12-11(13,14)17-8-3-1-2-7(6-8)9(15)10-16-4-5-18-10/h1-6,9H,15H2. The van der Waals surface area contributed by atoms with E-state index in [2.05, 4.69) is 9.72 Å². The van der Waals surface area contributed by atoms with Gasteiger partial charge in [0, 0.05) is 11.6 Å². The van der Waals surface area contributed by atoms with Crippen LogP contribution in [0.5, 0.6) is 5.75 Å². The molecule has 1 aromatic heterocycles. The fourth-order valence-electron chi connectivity index (χ4n) is 1.44. The Labute approximate surface area is 105 Å². The van der Waals surface area contributed by atoms with E-state index in [1.54, 1.807) is 17.6 Å². The Bertz CT molecular complexity index is 513. The zero-order valence-electron chi connectivity index (χ0n) is 9.02. The highest BCUT2D eigenvalue weighted by Gasteiger charge is 2.31.